The summed E-state index contributed by atoms with van der Waals surface area (Å²) in [6.07, 6.45) is 4.82. The standard InChI is InChI=1S/C18H17ClN2O3/c1-12-5-3-7-15(17(12)22)18(23)21-20-10-4-6-13-11-14(19)8-9-16(13)24-2/h3-11,22H,1-2H3,(H,21,23)/b6-4-,20-10-. The molecular formula is C18H17ClN2O3. The van der Waals surface area contributed by atoms with Gasteiger partial charge in [-0.2, -0.15) is 5.10 Å². The van der Waals surface area contributed by atoms with Crippen LogP contribution < -0.4 is 10.2 Å². The molecule has 0 fully saturated rings. The van der Waals surface area contributed by atoms with Crippen molar-refractivity contribution in [2.24, 2.45) is 5.10 Å². The van der Waals surface area contributed by atoms with Crippen LogP contribution in [0.1, 0.15) is 21.5 Å². The van der Waals surface area contributed by atoms with Gasteiger partial charge in [0.15, 0.2) is 0 Å². The van der Waals surface area contributed by atoms with Crippen LogP contribution in [0.25, 0.3) is 6.08 Å². The van der Waals surface area contributed by atoms with Crippen LogP contribution in [0.5, 0.6) is 11.5 Å². The Hall–Kier alpha value is -2.79. The Morgan fingerprint density at radius 2 is 2.12 bits per heavy atom. The fraction of sp³-hybridized carbons (Fsp3) is 0.111. The number of nitrogens with one attached hydrogen (secondary N) is 1. The predicted octanol–water partition coefficient (Wildman–Crippen LogP) is 3.79. The van der Waals surface area contributed by atoms with Gasteiger partial charge in [0.25, 0.3) is 5.91 Å². The number of hydrogen-bond donors (Lipinski definition) is 2. The van der Waals surface area contributed by atoms with Crippen molar-refractivity contribution in [1.82, 2.24) is 5.43 Å². The molecule has 5 nitrogen and oxygen atoms in total. The zero-order chi connectivity index (χ0) is 17.5. The fourth-order valence-electron chi connectivity index (χ4n) is 2.02. The van der Waals surface area contributed by atoms with Crippen LogP contribution in [0.15, 0.2) is 47.6 Å². The van der Waals surface area contributed by atoms with E-state index in [1.807, 2.05) is 0 Å². The molecule has 0 saturated carbocycles. The number of phenols is 1. The van der Waals surface area contributed by atoms with E-state index in [0.29, 0.717) is 16.3 Å². The van der Waals surface area contributed by atoms with E-state index in [-0.39, 0.29) is 11.3 Å². The lowest BCUT2D eigenvalue weighted by Crippen LogP contribution is -2.17. The van der Waals surface area contributed by atoms with Crippen molar-refractivity contribution in [1.29, 1.82) is 0 Å². The summed E-state index contributed by atoms with van der Waals surface area (Å²) in [6.45, 7) is 1.72. The van der Waals surface area contributed by atoms with Crippen molar-refractivity contribution >= 4 is 29.8 Å². The van der Waals surface area contributed by atoms with E-state index in [1.165, 1.54) is 12.3 Å². The summed E-state index contributed by atoms with van der Waals surface area (Å²) in [4.78, 5) is 11.9. The number of rotatable bonds is 5. The van der Waals surface area contributed by atoms with Gasteiger partial charge in [0.05, 0.1) is 12.7 Å². The maximum Gasteiger partial charge on any atom is 0.275 e. The van der Waals surface area contributed by atoms with E-state index in [0.717, 1.165) is 5.56 Å². The Balaban J connectivity index is 2.01. The van der Waals surface area contributed by atoms with Gasteiger partial charge in [-0.1, -0.05) is 23.7 Å². The first-order chi connectivity index (χ1) is 11.5. The van der Waals surface area contributed by atoms with Gasteiger partial charge in [0.1, 0.15) is 11.5 Å². The third-order valence-electron chi connectivity index (χ3n) is 3.28. The fourth-order valence-corrected chi connectivity index (χ4v) is 2.20. The summed E-state index contributed by atoms with van der Waals surface area (Å²) in [5.41, 5.74) is 3.94. The van der Waals surface area contributed by atoms with Crippen molar-refractivity contribution in [3.8, 4) is 11.5 Å². The highest BCUT2D eigenvalue weighted by Gasteiger charge is 2.11. The van der Waals surface area contributed by atoms with Crippen LogP contribution in [0.3, 0.4) is 0 Å². The Bertz CT molecular complexity index is 801. The number of amides is 1. The molecular weight excluding hydrogens is 328 g/mol. The second-order valence-electron chi connectivity index (χ2n) is 4.94. The molecule has 0 aromatic heterocycles. The molecule has 0 bridgehead atoms. The third-order valence-corrected chi connectivity index (χ3v) is 3.51. The zero-order valence-corrected chi connectivity index (χ0v) is 14.0. The minimum absolute atomic E-state index is 0.0515. The summed E-state index contributed by atoms with van der Waals surface area (Å²) in [5.74, 6) is 0.142. The average Bonchev–Trinajstić information content (AvgIpc) is 2.57. The first kappa shape index (κ1) is 17.6. The number of hydrogen-bond acceptors (Lipinski definition) is 4. The number of halogens is 1. The first-order valence-electron chi connectivity index (χ1n) is 7.15. The largest absolute Gasteiger partial charge is 0.507 e. The number of phenolic OH excluding ortho intramolecular Hbond substituents is 1. The summed E-state index contributed by atoms with van der Waals surface area (Å²) in [6, 6.07) is 10.2. The predicted molar refractivity (Wildman–Crippen MR) is 95.8 cm³/mol. The number of nitrogens with zero attached hydrogens (tertiary/aromatic N) is 1. The highest BCUT2D eigenvalue weighted by molar-refractivity contribution is 6.30. The molecule has 2 aromatic carbocycles. The number of ether oxygens (including phenoxy) is 1. The average molecular weight is 345 g/mol. The molecule has 0 aliphatic rings. The molecule has 1 amide bonds. The molecule has 0 saturated heterocycles. The van der Waals surface area contributed by atoms with Crippen molar-refractivity contribution in [2.75, 3.05) is 7.11 Å². The molecule has 2 aromatic rings. The highest BCUT2D eigenvalue weighted by Crippen LogP contribution is 2.23. The smallest absolute Gasteiger partial charge is 0.275 e. The van der Waals surface area contributed by atoms with Gasteiger partial charge in [-0.25, -0.2) is 5.43 Å². The minimum atomic E-state index is -0.485. The van der Waals surface area contributed by atoms with E-state index in [1.54, 1.807) is 56.5 Å². The maximum absolute atomic E-state index is 11.9. The molecule has 0 aliphatic carbocycles. The maximum atomic E-state index is 11.9. The van der Waals surface area contributed by atoms with Crippen LogP contribution in [-0.4, -0.2) is 24.3 Å². The van der Waals surface area contributed by atoms with Gasteiger partial charge < -0.3 is 9.84 Å². The van der Waals surface area contributed by atoms with Gasteiger partial charge >= 0.3 is 0 Å². The van der Waals surface area contributed by atoms with Crippen LogP contribution in [-0.2, 0) is 0 Å². The molecule has 0 aliphatic heterocycles. The van der Waals surface area contributed by atoms with Crippen molar-refractivity contribution in [3.05, 3.63) is 64.2 Å². The lowest BCUT2D eigenvalue weighted by atomic mass is 10.1. The topological polar surface area (TPSA) is 70.9 Å². The van der Waals surface area contributed by atoms with Gasteiger partial charge in [0, 0.05) is 16.8 Å². The number of methoxy groups -OCH3 is 1. The quantitative estimate of drug-likeness (QED) is 0.640. The van der Waals surface area contributed by atoms with Gasteiger partial charge in [-0.3, -0.25) is 4.79 Å². The minimum Gasteiger partial charge on any atom is -0.507 e. The Labute approximate surface area is 145 Å². The SMILES string of the molecule is COc1ccc(Cl)cc1/C=C\C=N/NC(=O)c1cccc(C)c1O. The number of para-hydroxylation sites is 1. The number of carbonyl (C=O) groups is 1. The number of aryl methyl sites for hydroxylation is 1. The molecule has 2 N–H and O–H groups in total. The number of hydrazone groups is 1. The van der Waals surface area contributed by atoms with Crippen molar-refractivity contribution in [2.45, 2.75) is 6.92 Å². The molecule has 124 valence electrons. The van der Waals surface area contributed by atoms with E-state index < -0.39 is 5.91 Å². The second-order valence-corrected chi connectivity index (χ2v) is 5.37. The van der Waals surface area contributed by atoms with Crippen LogP contribution >= 0.6 is 11.6 Å². The van der Waals surface area contributed by atoms with Crippen LogP contribution in [0.2, 0.25) is 5.02 Å². The lowest BCUT2D eigenvalue weighted by Gasteiger charge is -2.05. The Kier molecular flexibility index (Phi) is 5.98. The molecule has 0 unspecified atom stereocenters. The number of allylic oxidation sites excluding steroid dienone is 1. The number of carbonyl (C=O) groups excluding carboxylic acids is 1. The molecule has 0 heterocycles. The molecule has 24 heavy (non-hydrogen) atoms. The van der Waals surface area contributed by atoms with Gasteiger partial charge in [0.2, 0.25) is 0 Å². The van der Waals surface area contributed by atoms with E-state index >= 15 is 0 Å². The second kappa shape index (κ2) is 8.17. The van der Waals surface area contributed by atoms with Gasteiger partial charge in [-0.15, -0.1) is 0 Å². The van der Waals surface area contributed by atoms with Crippen molar-refractivity contribution in [3.63, 3.8) is 0 Å². The van der Waals surface area contributed by atoms with E-state index in [2.05, 4.69) is 10.5 Å². The zero-order valence-electron chi connectivity index (χ0n) is 13.3. The molecule has 0 atom stereocenters. The van der Waals surface area contributed by atoms with Crippen molar-refractivity contribution < 1.29 is 14.6 Å². The molecule has 0 radical (unpaired) electrons. The third kappa shape index (κ3) is 4.36. The molecule has 2 rings (SSSR count). The highest BCUT2D eigenvalue weighted by atomic mass is 35.5. The Morgan fingerprint density at radius 3 is 2.88 bits per heavy atom. The van der Waals surface area contributed by atoms with E-state index in [4.69, 9.17) is 16.3 Å². The lowest BCUT2D eigenvalue weighted by molar-refractivity contribution is 0.0952. The summed E-state index contributed by atoms with van der Waals surface area (Å²) >= 11 is 5.95. The van der Waals surface area contributed by atoms with Gasteiger partial charge in [-0.05, 0) is 48.9 Å². The first-order valence-corrected chi connectivity index (χ1v) is 7.53. The van der Waals surface area contributed by atoms with E-state index in [9.17, 15) is 9.90 Å². The monoisotopic (exact) mass is 344 g/mol. The van der Waals surface area contributed by atoms with Crippen LogP contribution in [0, 0.1) is 6.92 Å². The Morgan fingerprint density at radius 1 is 1.33 bits per heavy atom. The summed E-state index contributed by atoms with van der Waals surface area (Å²) in [5, 5.41) is 14.3. The number of aromatic hydroxyl groups is 1. The molecule has 0 spiro atoms. The molecule has 6 heteroatoms. The van der Waals surface area contributed by atoms with Crippen LogP contribution in [0.4, 0.5) is 0 Å². The summed E-state index contributed by atoms with van der Waals surface area (Å²) in [7, 11) is 1.57. The normalized spacial score (nSPS) is 11.1. The summed E-state index contributed by atoms with van der Waals surface area (Å²) < 4.78 is 5.23. The number of benzene rings is 2.